The van der Waals surface area contributed by atoms with Crippen LogP contribution < -0.4 is 0 Å². The third-order valence-electron chi connectivity index (χ3n) is 4.49. The van der Waals surface area contributed by atoms with E-state index in [4.69, 9.17) is 0 Å². The second kappa shape index (κ2) is 7.56. The smallest absolute Gasteiger partial charge is 0.157 e. The maximum Gasteiger partial charge on any atom is 0.157 e. The molecule has 0 saturated heterocycles. The fourth-order valence-corrected chi connectivity index (χ4v) is 3.67. The number of rotatable bonds is 6. The molecule has 0 aliphatic heterocycles. The molecule has 4 nitrogen and oxygen atoms in total. The highest BCUT2D eigenvalue weighted by molar-refractivity contribution is 5.93. The minimum atomic E-state index is -0.0179. The van der Waals surface area contributed by atoms with E-state index in [2.05, 4.69) is 50.9 Å². The Morgan fingerprint density at radius 1 is 1.08 bits per heavy atom. The summed E-state index contributed by atoms with van der Waals surface area (Å²) >= 11 is 0. The van der Waals surface area contributed by atoms with Gasteiger partial charge in [-0.25, -0.2) is 0 Å². The zero-order valence-electron chi connectivity index (χ0n) is 17.1. The summed E-state index contributed by atoms with van der Waals surface area (Å²) in [5.74, 6) is 0.0530. The van der Waals surface area contributed by atoms with Crippen molar-refractivity contribution in [2.75, 3.05) is 0 Å². The van der Waals surface area contributed by atoms with Crippen LogP contribution in [0.5, 0.6) is 0 Å². The van der Waals surface area contributed by atoms with Crippen molar-refractivity contribution in [3.63, 3.8) is 0 Å². The molecule has 0 aliphatic carbocycles. The van der Waals surface area contributed by atoms with E-state index in [1.54, 1.807) is 11.7 Å². The molecule has 0 unspecified atom stereocenters. The number of fused-ring (bicyclic) bond motifs is 1. The summed E-state index contributed by atoms with van der Waals surface area (Å²) in [6.45, 7) is 15.2. The number of carbonyl (C=O) groups excluding carboxylic acids is 1. The van der Waals surface area contributed by atoms with Crippen LogP contribution in [0.2, 0.25) is 0 Å². The number of carbonyl (C=O) groups is 1. The van der Waals surface area contributed by atoms with Crippen LogP contribution in [-0.2, 0) is 11.3 Å². The first-order chi connectivity index (χ1) is 12.0. The van der Waals surface area contributed by atoms with Crippen molar-refractivity contribution in [2.45, 2.75) is 61.4 Å². The van der Waals surface area contributed by atoms with Gasteiger partial charge in [0.25, 0.3) is 0 Å². The van der Waals surface area contributed by atoms with Crippen molar-refractivity contribution >= 4 is 16.8 Å². The summed E-state index contributed by atoms with van der Waals surface area (Å²) in [6.07, 6.45) is 5.18. The highest BCUT2D eigenvalue weighted by Gasteiger charge is 2.28. The Morgan fingerprint density at radius 2 is 1.62 bits per heavy atom. The van der Waals surface area contributed by atoms with Gasteiger partial charge >= 0.3 is 0 Å². The van der Waals surface area contributed by atoms with Gasteiger partial charge < -0.3 is 0 Å². The summed E-state index contributed by atoms with van der Waals surface area (Å²) in [7, 11) is 0. The summed E-state index contributed by atoms with van der Waals surface area (Å²) in [5.41, 5.74) is 3.78. The van der Waals surface area contributed by atoms with E-state index in [9.17, 15) is 4.79 Å². The van der Waals surface area contributed by atoms with Gasteiger partial charge in [-0.05, 0) is 48.8 Å². The first-order valence-electron chi connectivity index (χ1n) is 9.20. The van der Waals surface area contributed by atoms with Crippen molar-refractivity contribution in [1.29, 1.82) is 0 Å². The monoisotopic (exact) mass is 353 g/mol. The highest BCUT2D eigenvalue weighted by atomic mass is 16.1. The van der Waals surface area contributed by atoms with Gasteiger partial charge in [-0.15, -0.1) is 0 Å². The molecule has 0 N–H and O–H groups in total. The van der Waals surface area contributed by atoms with Gasteiger partial charge in [0.1, 0.15) is 11.0 Å². The van der Waals surface area contributed by atoms with Crippen molar-refractivity contribution in [2.24, 2.45) is 10.8 Å². The van der Waals surface area contributed by atoms with Crippen LogP contribution in [-0.4, -0.2) is 20.8 Å². The Morgan fingerprint density at radius 3 is 2.04 bits per heavy atom. The lowest BCUT2D eigenvalue weighted by atomic mass is 9.71. The number of aromatic nitrogens is 3. The molecule has 0 radical (unpaired) electrons. The molecule has 1 aromatic heterocycles. The maximum atomic E-state index is 12.3. The zero-order valence-corrected chi connectivity index (χ0v) is 17.1. The number of allylic oxidation sites excluding steroid dienone is 4. The molecule has 0 saturated carbocycles. The summed E-state index contributed by atoms with van der Waals surface area (Å²) < 4.78 is 0. The molecule has 4 heteroatoms. The molecule has 140 valence electrons. The summed E-state index contributed by atoms with van der Waals surface area (Å²) in [5, 5.41) is 8.97. The SMILES string of the molecule is CC=C(/C=C(/Cn1nc2ccccc2n1)C(C)=O)C(C)(C)CC(C)(C)C. The normalized spacial score (nSPS) is 14.1. The van der Waals surface area contributed by atoms with Crippen LogP contribution in [0.25, 0.3) is 11.0 Å². The number of benzene rings is 1. The second-order valence-electron chi connectivity index (χ2n) is 8.81. The standard InChI is InChI=1S/C22H31N3O/c1-8-18(22(6,7)15-21(3,4)5)13-17(16(2)26)14-25-23-19-11-9-10-12-20(19)24-25/h8-13H,14-15H2,1-7H3/b17-13-,18-8?. The number of hydrogen-bond acceptors (Lipinski definition) is 3. The molecule has 26 heavy (non-hydrogen) atoms. The minimum absolute atomic E-state index is 0.0179. The van der Waals surface area contributed by atoms with Crippen LogP contribution in [0, 0.1) is 10.8 Å². The molecule has 2 rings (SSSR count). The van der Waals surface area contributed by atoms with E-state index in [1.165, 1.54) is 5.57 Å². The van der Waals surface area contributed by atoms with Crippen molar-refractivity contribution in [3.8, 4) is 0 Å². The van der Waals surface area contributed by atoms with Crippen LogP contribution in [0.1, 0.15) is 54.9 Å². The number of Topliss-reactive ketones (excluding diaryl/α,β-unsaturated/α-hetero) is 1. The minimum Gasteiger partial charge on any atom is -0.295 e. The van der Waals surface area contributed by atoms with Gasteiger partial charge in [-0.3, -0.25) is 4.79 Å². The van der Waals surface area contributed by atoms with E-state index >= 15 is 0 Å². The molecule has 0 fully saturated rings. The Labute approximate surface area is 157 Å². The van der Waals surface area contributed by atoms with E-state index in [1.807, 2.05) is 37.3 Å². The fourth-order valence-electron chi connectivity index (χ4n) is 3.67. The van der Waals surface area contributed by atoms with Gasteiger partial charge in [-0.1, -0.05) is 58.9 Å². The van der Waals surface area contributed by atoms with Gasteiger partial charge in [0, 0.05) is 5.57 Å². The quantitative estimate of drug-likeness (QED) is 0.519. The molecule has 1 heterocycles. The molecular formula is C22H31N3O. The Bertz CT molecular complexity index is 815. The van der Waals surface area contributed by atoms with E-state index in [0.29, 0.717) is 6.54 Å². The summed E-state index contributed by atoms with van der Waals surface area (Å²) in [6, 6.07) is 7.74. The number of ketones is 1. The molecule has 2 aromatic rings. The Balaban J connectivity index is 2.33. The van der Waals surface area contributed by atoms with E-state index < -0.39 is 0 Å². The Kier molecular flexibility index (Phi) is 5.84. The zero-order chi connectivity index (χ0) is 19.5. The lowest BCUT2D eigenvalue weighted by Gasteiger charge is -2.34. The third-order valence-corrected chi connectivity index (χ3v) is 4.49. The highest BCUT2D eigenvalue weighted by Crippen LogP contribution is 2.39. The lowest BCUT2D eigenvalue weighted by Crippen LogP contribution is -2.23. The molecule has 1 aromatic carbocycles. The van der Waals surface area contributed by atoms with Crippen molar-refractivity contribution < 1.29 is 4.79 Å². The second-order valence-corrected chi connectivity index (χ2v) is 8.81. The van der Waals surface area contributed by atoms with Gasteiger partial charge in [0.2, 0.25) is 0 Å². The van der Waals surface area contributed by atoms with Gasteiger partial charge in [-0.2, -0.15) is 15.0 Å². The van der Waals surface area contributed by atoms with E-state index in [0.717, 1.165) is 23.0 Å². The largest absolute Gasteiger partial charge is 0.295 e. The Hall–Kier alpha value is -2.23. The molecule has 0 bridgehead atoms. The van der Waals surface area contributed by atoms with E-state index in [-0.39, 0.29) is 16.6 Å². The summed E-state index contributed by atoms with van der Waals surface area (Å²) in [4.78, 5) is 13.9. The first kappa shape index (κ1) is 20.1. The number of nitrogens with zero attached hydrogens (tertiary/aromatic N) is 3. The first-order valence-corrected chi connectivity index (χ1v) is 9.20. The van der Waals surface area contributed by atoms with Gasteiger partial charge in [0.05, 0.1) is 6.54 Å². The topological polar surface area (TPSA) is 47.8 Å². The van der Waals surface area contributed by atoms with Crippen LogP contribution in [0.3, 0.4) is 0 Å². The molecule has 0 amide bonds. The number of hydrogen-bond donors (Lipinski definition) is 0. The molecule has 0 atom stereocenters. The molecular weight excluding hydrogens is 322 g/mol. The fraction of sp³-hybridized carbons (Fsp3) is 0.500. The third kappa shape index (κ3) is 5.13. The van der Waals surface area contributed by atoms with Crippen LogP contribution >= 0.6 is 0 Å². The maximum absolute atomic E-state index is 12.3. The average molecular weight is 354 g/mol. The predicted octanol–water partition coefficient (Wildman–Crippen LogP) is 5.36. The van der Waals surface area contributed by atoms with Crippen molar-refractivity contribution in [1.82, 2.24) is 15.0 Å². The predicted molar refractivity (Wildman–Crippen MR) is 108 cm³/mol. The van der Waals surface area contributed by atoms with Crippen molar-refractivity contribution in [3.05, 3.63) is 47.6 Å². The van der Waals surface area contributed by atoms with Crippen LogP contribution in [0.15, 0.2) is 47.6 Å². The van der Waals surface area contributed by atoms with Crippen LogP contribution in [0.4, 0.5) is 0 Å². The molecule has 0 spiro atoms. The molecule has 0 aliphatic rings. The lowest BCUT2D eigenvalue weighted by molar-refractivity contribution is -0.113. The van der Waals surface area contributed by atoms with Gasteiger partial charge in [0.15, 0.2) is 5.78 Å². The average Bonchev–Trinajstić information content (AvgIpc) is 2.90.